The van der Waals surface area contributed by atoms with E-state index in [1.807, 2.05) is 26.0 Å². The van der Waals surface area contributed by atoms with Gasteiger partial charge in [-0.1, -0.05) is 18.5 Å². The molecule has 0 aliphatic carbocycles. The Morgan fingerprint density at radius 2 is 2.16 bits per heavy atom. The van der Waals surface area contributed by atoms with Gasteiger partial charge in [0.1, 0.15) is 5.75 Å². The minimum Gasteiger partial charge on any atom is -0.494 e. The van der Waals surface area contributed by atoms with Crippen LogP contribution in [0.2, 0.25) is 5.02 Å². The number of sulfone groups is 1. The first-order valence-corrected chi connectivity index (χ1v) is 10.9. The molecule has 140 valence electrons. The van der Waals surface area contributed by atoms with E-state index in [1.54, 1.807) is 11.0 Å². The SMILES string of the molecule is CCCN(C(=O)CCCOc1ccc(Cl)c(C)c1)C1CCS(=O)(=O)C1. The van der Waals surface area contributed by atoms with Crippen LogP contribution >= 0.6 is 11.6 Å². The fourth-order valence-corrected chi connectivity index (χ4v) is 4.89. The summed E-state index contributed by atoms with van der Waals surface area (Å²) in [5.41, 5.74) is 0.951. The first-order chi connectivity index (χ1) is 11.8. The molecule has 0 spiro atoms. The molecular weight excluding hydrogens is 362 g/mol. The van der Waals surface area contributed by atoms with Crippen molar-refractivity contribution in [2.24, 2.45) is 0 Å². The van der Waals surface area contributed by atoms with Gasteiger partial charge in [0.15, 0.2) is 9.84 Å². The molecule has 1 unspecified atom stereocenters. The number of rotatable bonds is 8. The number of aryl methyl sites for hydroxylation is 1. The minimum absolute atomic E-state index is 0.0137. The molecule has 1 amide bonds. The molecule has 25 heavy (non-hydrogen) atoms. The van der Waals surface area contributed by atoms with Gasteiger partial charge in [0.05, 0.1) is 18.1 Å². The fourth-order valence-electron chi connectivity index (χ4n) is 3.04. The van der Waals surface area contributed by atoms with Crippen molar-refractivity contribution in [2.45, 2.75) is 45.6 Å². The van der Waals surface area contributed by atoms with E-state index in [0.717, 1.165) is 17.7 Å². The third-order valence-corrected chi connectivity index (χ3v) is 6.54. The summed E-state index contributed by atoms with van der Waals surface area (Å²) >= 11 is 5.98. The maximum atomic E-state index is 12.5. The van der Waals surface area contributed by atoms with Crippen LogP contribution in [0.15, 0.2) is 18.2 Å². The Hall–Kier alpha value is -1.27. The zero-order valence-corrected chi connectivity index (χ0v) is 16.4. The molecule has 1 aromatic carbocycles. The molecule has 1 aromatic rings. The highest BCUT2D eigenvalue weighted by Gasteiger charge is 2.33. The number of nitrogens with zero attached hydrogens (tertiary/aromatic N) is 1. The van der Waals surface area contributed by atoms with E-state index in [2.05, 4.69) is 0 Å². The van der Waals surface area contributed by atoms with Gasteiger partial charge < -0.3 is 9.64 Å². The minimum atomic E-state index is -2.99. The largest absolute Gasteiger partial charge is 0.494 e. The number of hydrogen-bond donors (Lipinski definition) is 0. The summed E-state index contributed by atoms with van der Waals surface area (Å²) < 4.78 is 29.0. The van der Waals surface area contributed by atoms with Crippen LogP contribution in [0.25, 0.3) is 0 Å². The van der Waals surface area contributed by atoms with E-state index in [-0.39, 0.29) is 23.5 Å². The zero-order valence-electron chi connectivity index (χ0n) is 14.8. The third kappa shape index (κ3) is 5.89. The lowest BCUT2D eigenvalue weighted by molar-refractivity contribution is -0.133. The second-order valence-corrected chi connectivity index (χ2v) is 9.14. The maximum absolute atomic E-state index is 12.5. The Bertz CT molecular complexity index is 705. The molecule has 0 bridgehead atoms. The average molecular weight is 388 g/mol. The molecule has 1 heterocycles. The van der Waals surface area contributed by atoms with Crippen molar-refractivity contribution in [3.63, 3.8) is 0 Å². The molecule has 1 aliphatic rings. The normalized spacial score (nSPS) is 18.9. The Labute approximate surface area is 155 Å². The van der Waals surface area contributed by atoms with Crippen molar-refractivity contribution in [3.8, 4) is 5.75 Å². The van der Waals surface area contributed by atoms with Gasteiger partial charge in [-0.15, -0.1) is 0 Å². The molecule has 0 saturated carbocycles. The summed E-state index contributed by atoms with van der Waals surface area (Å²) in [7, 11) is -2.99. The van der Waals surface area contributed by atoms with Gasteiger partial charge in [0, 0.05) is 24.0 Å². The summed E-state index contributed by atoms with van der Waals surface area (Å²) in [4.78, 5) is 14.2. The van der Waals surface area contributed by atoms with Gasteiger partial charge in [-0.25, -0.2) is 8.42 Å². The smallest absolute Gasteiger partial charge is 0.222 e. The summed E-state index contributed by atoms with van der Waals surface area (Å²) in [5.74, 6) is 1.03. The first kappa shape index (κ1) is 20.0. The van der Waals surface area contributed by atoms with Crippen LogP contribution in [0, 0.1) is 6.92 Å². The van der Waals surface area contributed by atoms with Crippen LogP contribution in [-0.2, 0) is 14.6 Å². The van der Waals surface area contributed by atoms with E-state index >= 15 is 0 Å². The van der Waals surface area contributed by atoms with Gasteiger partial charge >= 0.3 is 0 Å². The maximum Gasteiger partial charge on any atom is 0.222 e. The number of amides is 1. The summed E-state index contributed by atoms with van der Waals surface area (Å²) in [6.45, 7) is 4.96. The molecule has 1 saturated heterocycles. The van der Waals surface area contributed by atoms with Crippen LogP contribution in [0.5, 0.6) is 5.75 Å². The van der Waals surface area contributed by atoms with Gasteiger partial charge in [-0.05, 0) is 49.9 Å². The number of carbonyl (C=O) groups is 1. The van der Waals surface area contributed by atoms with Crippen LogP contribution in [-0.4, -0.2) is 49.9 Å². The Morgan fingerprint density at radius 1 is 1.40 bits per heavy atom. The quantitative estimate of drug-likeness (QED) is 0.642. The van der Waals surface area contributed by atoms with Crippen molar-refractivity contribution in [3.05, 3.63) is 28.8 Å². The Balaban J connectivity index is 1.81. The predicted molar refractivity (Wildman–Crippen MR) is 100.0 cm³/mol. The molecule has 1 fully saturated rings. The molecule has 0 N–H and O–H groups in total. The van der Waals surface area contributed by atoms with Crippen molar-refractivity contribution in [2.75, 3.05) is 24.7 Å². The van der Waals surface area contributed by atoms with Gasteiger partial charge in [0.2, 0.25) is 5.91 Å². The summed E-state index contributed by atoms with van der Waals surface area (Å²) in [6.07, 6.45) is 2.33. The van der Waals surface area contributed by atoms with Crippen molar-refractivity contribution >= 4 is 27.3 Å². The standard InChI is InChI=1S/C18H26ClNO4S/c1-3-9-20(15-8-11-25(22,23)13-15)18(21)5-4-10-24-16-6-7-17(19)14(2)12-16/h6-7,12,15H,3-5,8-11,13H2,1-2H3. The first-order valence-electron chi connectivity index (χ1n) is 8.71. The van der Waals surface area contributed by atoms with Crippen molar-refractivity contribution < 1.29 is 17.9 Å². The molecule has 1 aliphatic heterocycles. The monoisotopic (exact) mass is 387 g/mol. The van der Waals surface area contributed by atoms with Crippen LogP contribution in [0.3, 0.4) is 0 Å². The molecule has 2 rings (SSSR count). The number of carbonyl (C=O) groups excluding carboxylic acids is 1. The highest BCUT2D eigenvalue weighted by molar-refractivity contribution is 7.91. The van der Waals surface area contributed by atoms with Gasteiger partial charge in [-0.2, -0.15) is 0 Å². The molecule has 5 nitrogen and oxygen atoms in total. The number of halogens is 1. The summed E-state index contributed by atoms with van der Waals surface area (Å²) in [5, 5.41) is 0.698. The highest BCUT2D eigenvalue weighted by atomic mass is 35.5. The fraction of sp³-hybridized carbons (Fsp3) is 0.611. The van der Waals surface area contributed by atoms with E-state index in [0.29, 0.717) is 37.4 Å². The summed E-state index contributed by atoms with van der Waals surface area (Å²) in [6, 6.07) is 5.30. The number of benzene rings is 1. The van der Waals surface area contributed by atoms with E-state index < -0.39 is 9.84 Å². The van der Waals surface area contributed by atoms with E-state index in [1.165, 1.54) is 0 Å². The molecule has 0 aromatic heterocycles. The molecular formula is C18H26ClNO4S. The van der Waals surface area contributed by atoms with Crippen molar-refractivity contribution in [1.82, 2.24) is 4.90 Å². The number of ether oxygens (including phenoxy) is 1. The average Bonchev–Trinajstić information content (AvgIpc) is 2.92. The second kappa shape index (κ2) is 8.90. The van der Waals surface area contributed by atoms with Crippen LogP contribution in [0.1, 0.15) is 38.2 Å². The zero-order chi connectivity index (χ0) is 18.4. The Morgan fingerprint density at radius 3 is 2.76 bits per heavy atom. The van der Waals surface area contributed by atoms with Crippen LogP contribution < -0.4 is 4.74 Å². The lowest BCUT2D eigenvalue weighted by Gasteiger charge is -2.28. The van der Waals surface area contributed by atoms with Crippen LogP contribution in [0.4, 0.5) is 0 Å². The molecule has 1 atom stereocenters. The molecule has 0 radical (unpaired) electrons. The topological polar surface area (TPSA) is 63.7 Å². The van der Waals surface area contributed by atoms with Gasteiger partial charge in [0.25, 0.3) is 0 Å². The third-order valence-electron chi connectivity index (χ3n) is 4.37. The van der Waals surface area contributed by atoms with Gasteiger partial charge in [-0.3, -0.25) is 4.79 Å². The predicted octanol–water partition coefficient (Wildman–Crippen LogP) is 3.23. The highest BCUT2D eigenvalue weighted by Crippen LogP contribution is 2.22. The number of hydrogen-bond acceptors (Lipinski definition) is 4. The Kier molecular flexibility index (Phi) is 7.14. The lowest BCUT2D eigenvalue weighted by atomic mass is 10.1. The van der Waals surface area contributed by atoms with E-state index in [4.69, 9.17) is 16.3 Å². The lowest BCUT2D eigenvalue weighted by Crippen LogP contribution is -2.41. The second-order valence-electron chi connectivity index (χ2n) is 6.51. The molecule has 7 heteroatoms. The van der Waals surface area contributed by atoms with E-state index in [9.17, 15) is 13.2 Å². The van der Waals surface area contributed by atoms with Crippen molar-refractivity contribution in [1.29, 1.82) is 0 Å².